The molecule has 1 aromatic heterocycles. The van der Waals surface area contributed by atoms with Crippen LogP contribution in [-0.4, -0.2) is 17.9 Å². The fourth-order valence-electron chi connectivity index (χ4n) is 1.87. The van der Waals surface area contributed by atoms with Gasteiger partial charge in [0.05, 0.1) is 12.1 Å². The molecule has 0 unspecified atom stereocenters. The van der Waals surface area contributed by atoms with E-state index in [0.29, 0.717) is 12.1 Å². The van der Waals surface area contributed by atoms with Crippen LogP contribution in [-0.2, 0) is 6.54 Å². The molecule has 0 aliphatic carbocycles. The molecule has 0 fully saturated rings. The number of amides is 1. The first-order valence-corrected chi connectivity index (χ1v) is 6.83. The lowest BCUT2D eigenvalue weighted by atomic mass is 10.1. The molecule has 3 nitrogen and oxygen atoms in total. The van der Waals surface area contributed by atoms with Crippen molar-refractivity contribution in [3.8, 4) is 0 Å². The van der Waals surface area contributed by atoms with Gasteiger partial charge in [-0.2, -0.15) is 0 Å². The topological polar surface area (TPSA) is 33.5 Å². The van der Waals surface area contributed by atoms with Crippen LogP contribution in [0.3, 0.4) is 0 Å². The molecular formula is C15H16BrNO2. The molecular weight excluding hydrogens is 306 g/mol. The van der Waals surface area contributed by atoms with Crippen molar-refractivity contribution in [1.82, 2.24) is 4.90 Å². The highest BCUT2D eigenvalue weighted by atomic mass is 79.9. The van der Waals surface area contributed by atoms with Crippen molar-refractivity contribution in [3.63, 3.8) is 0 Å². The lowest BCUT2D eigenvalue weighted by Crippen LogP contribution is -2.26. The number of carbonyl (C=O) groups is 1. The summed E-state index contributed by atoms with van der Waals surface area (Å²) in [5, 5.41) is 0. The van der Waals surface area contributed by atoms with Gasteiger partial charge in [0, 0.05) is 11.5 Å². The number of carbonyl (C=O) groups excluding carboxylic acids is 1. The summed E-state index contributed by atoms with van der Waals surface area (Å²) < 4.78 is 6.30. The third-order valence-electron chi connectivity index (χ3n) is 2.89. The number of rotatable bonds is 3. The number of furan rings is 1. The van der Waals surface area contributed by atoms with Crippen LogP contribution in [0.4, 0.5) is 0 Å². The van der Waals surface area contributed by atoms with Gasteiger partial charge in [0.25, 0.3) is 5.91 Å². The van der Waals surface area contributed by atoms with Crippen molar-refractivity contribution in [2.45, 2.75) is 20.4 Å². The second kappa shape index (κ2) is 5.61. The van der Waals surface area contributed by atoms with Gasteiger partial charge < -0.3 is 9.32 Å². The maximum absolute atomic E-state index is 12.3. The highest BCUT2D eigenvalue weighted by Gasteiger charge is 2.16. The molecule has 0 aliphatic rings. The number of hydrogen-bond donors (Lipinski definition) is 0. The Morgan fingerprint density at radius 2 is 2.00 bits per heavy atom. The molecule has 2 rings (SSSR count). The van der Waals surface area contributed by atoms with E-state index in [9.17, 15) is 4.79 Å². The Morgan fingerprint density at radius 3 is 2.58 bits per heavy atom. The number of benzene rings is 1. The first-order valence-electron chi connectivity index (χ1n) is 6.04. The van der Waals surface area contributed by atoms with Crippen LogP contribution in [0.1, 0.15) is 27.4 Å². The summed E-state index contributed by atoms with van der Waals surface area (Å²) >= 11 is 3.43. The first kappa shape index (κ1) is 13.9. The van der Waals surface area contributed by atoms with E-state index in [-0.39, 0.29) is 5.91 Å². The average Bonchev–Trinajstić information content (AvgIpc) is 2.74. The molecule has 0 atom stereocenters. The fraction of sp³-hybridized carbons (Fsp3) is 0.267. The van der Waals surface area contributed by atoms with Crippen molar-refractivity contribution < 1.29 is 9.21 Å². The molecule has 1 heterocycles. The highest BCUT2D eigenvalue weighted by Crippen LogP contribution is 2.20. The van der Waals surface area contributed by atoms with Crippen LogP contribution in [0.25, 0.3) is 0 Å². The van der Waals surface area contributed by atoms with E-state index >= 15 is 0 Å². The standard InChI is InChI=1S/C15H16BrNO2/c1-10-4-7-13(14(16)8-10)15(18)17(3)9-12-6-5-11(2)19-12/h4-8H,9H2,1-3H3. The number of aryl methyl sites for hydroxylation is 2. The van der Waals surface area contributed by atoms with Crippen molar-refractivity contribution in [2.24, 2.45) is 0 Å². The van der Waals surface area contributed by atoms with E-state index in [1.807, 2.05) is 44.2 Å². The van der Waals surface area contributed by atoms with Gasteiger partial charge in [0.15, 0.2) is 0 Å². The van der Waals surface area contributed by atoms with Crippen molar-refractivity contribution in [2.75, 3.05) is 7.05 Å². The summed E-state index contributed by atoms with van der Waals surface area (Å²) in [7, 11) is 1.77. The van der Waals surface area contributed by atoms with Crippen molar-refractivity contribution in [3.05, 3.63) is 57.5 Å². The number of hydrogen-bond acceptors (Lipinski definition) is 2. The van der Waals surface area contributed by atoms with Crippen LogP contribution in [0.15, 0.2) is 39.2 Å². The minimum absolute atomic E-state index is 0.0269. The fourth-order valence-corrected chi connectivity index (χ4v) is 2.54. The summed E-state index contributed by atoms with van der Waals surface area (Å²) in [5.74, 6) is 1.62. The Morgan fingerprint density at radius 1 is 1.26 bits per heavy atom. The number of halogens is 1. The van der Waals surface area contributed by atoms with Crippen molar-refractivity contribution >= 4 is 21.8 Å². The summed E-state index contributed by atoms with van der Waals surface area (Å²) in [5.41, 5.74) is 1.78. The van der Waals surface area contributed by atoms with Gasteiger partial charge in [-0.05, 0) is 59.6 Å². The average molecular weight is 322 g/mol. The van der Waals surface area contributed by atoms with E-state index in [0.717, 1.165) is 21.6 Å². The van der Waals surface area contributed by atoms with E-state index in [1.165, 1.54) is 0 Å². The maximum Gasteiger partial charge on any atom is 0.255 e. The Labute approximate surface area is 121 Å². The lowest BCUT2D eigenvalue weighted by molar-refractivity contribution is 0.0774. The van der Waals surface area contributed by atoms with Gasteiger partial charge in [-0.25, -0.2) is 0 Å². The summed E-state index contributed by atoms with van der Waals surface area (Å²) in [6.45, 7) is 4.35. The van der Waals surface area contributed by atoms with Gasteiger partial charge >= 0.3 is 0 Å². The molecule has 0 radical (unpaired) electrons. The van der Waals surface area contributed by atoms with E-state index in [2.05, 4.69) is 15.9 Å². The largest absolute Gasteiger partial charge is 0.464 e. The van der Waals surface area contributed by atoms with E-state index < -0.39 is 0 Å². The SMILES string of the molecule is Cc1ccc(C(=O)N(C)Cc2ccc(C)o2)c(Br)c1. The Kier molecular flexibility index (Phi) is 4.10. The predicted molar refractivity (Wildman–Crippen MR) is 78.1 cm³/mol. The zero-order valence-corrected chi connectivity index (χ0v) is 12.8. The smallest absolute Gasteiger partial charge is 0.255 e. The zero-order chi connectivity index (χ0) is 14.0. The van der Waals surface area contributed by atoms with Crippen LogP contribution in [0, 0.1) is 13.8 Å². The van der Waals surface area contributed by atoms with Gasteiger partial charge in [0.1, 0.15) is 11.5 Å². The van der Waals surface area contributed by atoms with E-state index in [4.69, 9.17) is 4.42 Å². The van der Waals surface area contributed by atoms with Crippen molar-refractivity contribution in [1.29, 1.82) is 0 Å². The Balaban J connectivity index is 2.14. The van der Waals surface area contributed by atoms with Crippen LogP contribution in [0.2, 0.25) is 0 Å². The Bertz CT molecular complexity index is 604. The minimum Gasteiger partial charge on any atom is -0.464 e. The van der Waals surface area contributed by atoms with Crippen LogP contribution >= 0.6 is 15.9 Å². The highest BCUT2D eigenvalue weighted by molar-refractivity contribution is 9.10. The summed E-state index contributed by atoms with van der Waals surface area (Å²) in [6, 6.07) is 9.51. The molecule has 0 N–H and O–H groups in total. The van der Waals surface area contributed by atoms with Crippen LogP contribution < -0.4 is 0 Å². The summed E-state index contributed by atoms with van der Waals surface area (Å²) in [6.07, 6.45) is 0. The second-order valence-electron chi connectivity index (χ2n) is 4.66. The molecule has 1 amide bonds. The zero-order valence-electron chi connectivity index (χ0n) is 11.2. The molecule has 100 valence electrons. The van der Waals surface area contributed by atoms with Gasteiger partial charge in [0.2, 0.25) is 0 Å². The van der Waals surface area contributed by atoms with Gasteiger partial charge in [-0.1, -0.05) is 6.07 Å². The van der Waals surface area contributed by atoms with Gasteiger partial charge in [-0.3, -0.25) is 4.79 Å². The monoisotopic (exact) mass is 321 g/mol. The molecule has 0 saturated heterocycles. The minimum atomic E-state index is -0.0269. The third kappa shape index (κ3) is 3.26. The molecule has 1 aromatic carbocycles. The number of nitrogens with zero attached hydrogens (tertiary/aromatic N) is 1. The predicted octanol–water partition coefficient (Wildman–Crippen LogP) is 3.93. The quantitative estimate of drug-likeness (QED) is 0.858. The molecule has 2 aromatic rings. The maximum atomic E-state index is 12.3. The third-order valence-corrected chi connectivity index (χ3v) is 3.55. The second-order valence-corrected chi connectivity index (χ2v) is 5.51. The lowest BCUT2D eigenvalue weighted by Gasteiger charge is -2.16. The van der Waals surface area contributed by atoms with E-state index in [1.54, 1.807) is 11.9 Å². The molecule has 0 saturated carbocycles. The summed E-state index contributed by atoms with van der Waals surface area (Å²) in [4.78, 5) is 14.0. The first-order chi connectivity index (χ1) is 8.97. The molecule has 19 heavy (non-hydrogen) atoms. The Hall–Kier alpha value is -1.55. The molecule has 0 spiro atoms. The molecule has 0 aliphatic heterocycles. The molecule has 0 bridgehead atoms. The van der Waals surface area contributed by atoms with Crippen LogP contribution in [0.5, 0.6) is 0 Å². The normalized spacial score (nSPS) is 10.5. The van der Waals surface area contributed by atoms with Gasteiger partial charge in [-0.15, -0.1) is 0 Å². The molecule has 4 heteroatoms.